The van der Waals surface area contributed by atoms with Gasteiger partial charge in [0.15, 0.2) is 0 Å². The van der Waals surface area contributed by atoms with Crippen LogP contribution in [0.25, 0.3) is 0 Å². The van der Waals surface area contributed by atoms with E-state index in [1.54, 1.807) is 30.2 Å². The van der Waals surface area contributed by atoms with Gasteiger partial charge in [0.05, 0.1) is 19.9 Å². The Balaban J connectivity index is 1.74. The summed E-state index contributed by atoms with van der Waals surface area (Å²) >= 11 is 0. The number of anilines is 2. The molecule has 3 amide bonds. The molecule has 2 aromatic carbocycles. The molecule has 0 unspecified atom stereocenters. The number of benzene rings is 2. The molecule has 3 rings (SSSR count). The number of para-hydroxylation sites is 1. The maximum atomic E-state index is 13.2. The van der Waals surface area contributed by atoms with Gasteiger partial charge in [-0.15, -0.1) is 0 Å². The van der Waals surface area contributed by atoms with Gasteiger partial charge in [-0.2, -0.15) is 0 Å². The molecule has 1 aliphatic rings. The minimum atomic E-state index is -0.655. The third-order valence-electron chi connectivity index (χ3n) is 5.03. The first-order valence-corrected chi connectivity index (χ1v) is 9.63. The number of nitrogens with zero attached hydrogens (tertiary/aromatic N) is 1. The summed E-state index contributed by atoms with van der Waals surface area (Å²) in [5, 5.41) is 5.58. The van der Waals surface area contributed by atoms with Gasteiger partial charge < -0.3 is 25.0 Å². The summed E-state index contributed by atoms with van der Waals surface area (Å²) in [5.41, 5.74) is 2.53. The largest absolute Gasteiger partial charge is 0.497 e. The summed E-state index contributed by atoms with van der Waals surface area (Å²) in [6.45, 7) is 4.45. The Kier molecular flexibility index (Phi) is 6.26. The third-order valence-corrected chi connectivity index (χ3v) is 5.03. The lowest BCUT2D eigenvalue weighted by Gasteiger charge is -2.27. The molecule has 2 aromatic rings. The van der Waals surface area contributed by atoms with Crippen molar-refractivity contribution in [2.45, 2.75) is 26.3 Å². The fourth-order valence-corrected chi connectivity index (χ4v) is 3.46. The van der Waals surface area contributed by atoms with Crippen LogP contribution in [0.1, 0.15) is 19.4 Å². The SMILES string of the molecule is COc1ccc(OC)c(NC(=O)N[C@@H](C(=O)N2CCc3ccccc32)C(C)C)c1. The van der Waals surface area contributed by atoms with E-state index in [4.69, 9.17) is 9.47 Å². The minimum absolute atomic E-state index is 0.0757. The number of fused-ring (bicyclic) bond motifs is 1. The highest BCUT2D eigenvalue weighted by Gasteiger charge is 2.32. The second-order valence-electron chi connectivity index (χ2n) is 7.25. The van der Waals surface area contributed by atoms with E-state index in [2.05, 4.69) is 10.6 Å². The topological polar surface area (TPSA) is 79.9 Å². The number of methoxy groups -OCH3 is 2. The molecule has 7 nitrogen and oxygen atoms in total. The zero-order valence-corrected chi connectivity index (χ0v) is 17.2. The predicted molar refractivity (Wildman–Crippen MR) is 113 cm³/mol. The van der Waals surface area contributed by atoms with Gasteiger partial charge in [-0.1, -0.05) is 32.0 Å². The normalized spacial score (nSPS) is 13.6. The first kappa shape index (κ1) is 20.5. The highest BCUT2D eigenvalue weighted by Crippen LogP contribution is 2.30. The van der Waals surface area contributed by atoms with Gasteiger partial charge in [-0.3, -0.25) is 4.79 Å². The molecule has 1 atom stereocenters. The number of amides is 3. The van der Waals surface area contributed by atoms with Gasteiger partial charge in [-0.25, -0.2) is 4.79 Å². The van der Waals surface area contributed by atoms with Crippen LogP contribution >= 0.6 is 0 Å². The summed E-state index contributed by atoms with van der Waals surface area (Å²) < 4.78 is 10.5. The Morgan fingerprint density at radius 2 is 1.83 bits per heavy atom. The van der Waals surface area contributed by atoms with E-state index in [1.165, 1.54) is 7.11 Å². The van der Waals surface area contributed by atoms with Crippen LogP contribution < -0.4 is 25.0 Å². The van der Waals surface area contributed by atoms with Crippen LogP contribution in [-0.2, 0) is 11.2 Å². The summed E-state index contributed by atoms with van der Waals surface area (Å²) in [7, 11) is 3.07. The molecule has 1 heterocycles. The quantitative estimate of drug-likeness (QED) is 0.783. The Hall–Kier alpha value is -3.22. The van der Waals surface area contributed by atoms with Crippen molar-refractivity contribution in [2.75, 3.05) is 31.0 Å². The van der Waals surface area contributed by atoms with Gasteiger partial charge in [-0.05, 0) is 36.1 Å². The number of rotatable bonds is 6. The highest BCUT2D eigenvalue weighted by atomic mass is 16.5. The van der Waals surface area contributed by atoms with E-state index in [1.807, 2.05) is 38.1 Å². The van der Waals surface area contributed by atoms with Gasteiger partial charge in [0.1, 0.15) is 17.5 Å². The van der Waals surface area contributed by atoms with Crippen LogP contribution in [0.15, 0.2) is 42.5 Å². The molecule has 0 fully saturated rings. The van der Waals surface area contributed by atoms with Crippen molar-refractivity contribution >= 4 is 23.3 Å². The lowest BCUT2D eigenvalue weighted by atomic mass is 10.0. The third kappa shape index (κ3) is 4.45. The zero-order chi connectivity index (χ0) is 21.0. The maximum absolute atomic E-state index is 13.2. The first-order chi connectivity index (χ1) is 13.9. The van der Waals surface area contributed by atoms with E-state index in [9.17, 15) is 9.59 Å². The number of hydrogen-bond acceptors (Lipinski definition) is 4. The Bertz CT molecular complexity index is 897. The van der Waals surface area contributed by atoms with Crippen LogP contribution in [0.4, 0.5) is 16.2 Å². The smallest absolute Gasteiger partial charge is 0.320 e. The van der Waals surface area contributed by atoms with Crippen LogP contribution in [-0.4, -0.2) is 38.7 Å². The van der Waals surface area contributed by atoms with Crippen molar-refractivity contribution in [2.24, 2.45) is 5.92 Å². The molecule has 7 heteroatoms. The van der Waals surface area contributed by atoms with E-state index in [0.29, 0.717) is 23.7 Å². The van der Waals surface area contributed by atoms with E-state index < -0.39 is 12.1 Å². The molecule has 0 saturated heterocycles. The maximum Gasteiger partial charge on any atom is 0.320 e. The molecule has 1 aliphatic heterocycles. The molecule has 0 spiro atoms. The van der Waals surface area contributed by atoms with Crippen molar-refractivity contribution in [1.29, 1.82) is 0 Å². The van der Waals surface area contributed by atoms with Crippen molar-refractivity contribution in [3.05, 3.63) is 48.0 Å². The number of nitrogens with one attached hydrogen (secondary N) is 2. The molecule has 2 N–H and O–H groups in total. The predicted octanol–water partition coefficient (Wildman–Crippen LogP) is 3.44. The Labute approximate surface area is 171 Å². The van der Waals surface area contributed by atoms with Crippen LogP contribution in [0, 0.1) is 5.92 Å². The van der Waals surface area contributed by atoms with Crippen molar-refractivity contribution in [3.8, 4) is 11.5 Å². The number of ether oxygens (including phenoxy) is 2. The summed E-state index contributed by atoms with van der Waals surface area (Å²) in [6.07, 6.45) is 0.819. The van der Waals surface area contributed by atoms with Crippen LogP contribution in [0.3, 0.4) is 0 Å². The van der Waals surface area contributed by atoms with E-state index in [0.717, 1.165) is 17.7 Å². The second kappa shape index (κ2) is 8.86. The number of urea groups is 1. The van der Waals surface area contributed by atoms with Gasteiger partial charge in [0.25, 0.3) is 0 Å². The molecular formula is C22H27N3O4. The fourth-order valence-electron chi connectivity index (χ4n) is 3.46. The Morgan fingerprint density at radius 3 is 2.52 bits per heavy atom. The van der Waals surface area contributed by atoms with E-state index >= 15 is 0 Å². The summed E-state index contributed by atoms with van der Waals surface area (Å²) in [4.78, 5) is 27.6. The average Bonchev–Trinajstić information content (AvgIpc) is 3.15. The molecule has 0 saturated carbocycles. The molecular weight excluding hydrogens is 370 g/mol. The van der Waals surface area contributed by atoms with Gasteiger partial charge in [0, 0.05) is 18.3 Å². The second-order valence-corrected chi connectivity index (χ2v) is 7.25. The van der Waals surface area contributed by atoms with Crippen LogP contribution in [0.2, 0.25) is 0 Å². The highest BCUT2D eigenvalue weighted by molar-refractivity contribution is 6.02. The lowest BCUT2D eigenvalue weighted by Crippen LogP contribution is -2.52. The number of hydrogen-bond donors (Lipinski definition) is 2. The van der Waals surface area contributed by atoms with E-state index in [-0.39, 0.29) is 11.8 Å². The standard InChI is InChI=1S/C22H27N3O4/c1-14(2)20(21(26)25-12-11-15-7-5-6-8-18(15)25)24-22(27)23-17-13-16(28-3)9-10-19(17)29-4/h5-10,13-14,20H,11-12H2,1-4H3,(H2,23,24,27)/t20-/m1/s1. The lowest BCUT2D eigenvalue weighted by molar-refractivity contribution is -0.121. The molecule has 29 heavy (non-hydrogen) atoms. The summed E-state index contributed by atoms with van der Waals surface area (Å²) in [6, 6.07) is 11.9. The van der Waals surface area contributed by atoms with Gasteiger partial charge in [0.2, 0.25) is 5.91 Å². The fraction of sp³-hybridized carbons (Fsp3) is 0.364. The summed E-state index contributed by atoms with van der Waals surface area (Å²) in [5.74, 6) is 0.902. The Morgan fingerprint density at radius 1 is 1.07 bits per heavy atom. The van der Waals surface area contributed by atoms with Crippen molar-refractivity contribution < 1.29 is 19.1 Å². The molecule has 0 radical (unpaired) electrons. The minimum Gasteiger partial charge on any atom is -0.497 e. The van der Waals surface area contributed by atoms with Crippen molar-refractivity contribution in [1.82, 2.24) is 5.32 Å². The number of carbonyl (C=O) groups excluding carboxylic acids is 2. The molecule has 0 bridgehead atoms. The number of carbonyl (C=O) groups is 2. The molecule has 154 valence electrons. The molecule has 0 aromatic heterocycles. The van der Waals surface area contributed by atoms with Gasteiger partial charge >= 0.3 is 6.03 Å². The first-order valence-electron chi connectivity index (χ1n) is 9.63. The molecule has 0 aliphatic carbocycles. The van der Waals surface area contributed by atoms with Crippen molar-refractivity contribution in [3.63, 3.8) is 0 Å². The average molecular weight is 397 g/mol. The van der Waals surface area contributed by atoms with Crippen LogP contribution in [0.5, 0.6) is 11.5 Å². The zero-order valence-electron chi connectivity index (χ0n) is 17.2. The monoisotopic (exact) mass is 397 g/mol.